The summed E-state index contributed by atoms with van der Waals surface area (Å²) >= 11 is 0. The Kier molecular flexibility index (Phi) is 5.86. The van der Waals surface area contributed by atoms with Crippen LogP contribution in [0.3, 0.4) is 0 Å². The second-order valence-corrected chi connectivity index (χ2v) is 12.8. The molecule has 0 radical (unpaired) electrons. The largest absolute Gasteiger partial charge is 0.456 e. The molecule has 0 aliphatic rings. The molecular weight excluding hydrogens is 629 g/mol. The van der Waals surface area contributed by atoms with Crippen LogP contribution < -0.4 is 0 Å². The summed E-state index contributed by atoms with van der Waals surface area (Å²) < 4.78 is 15.2. The van der Waals surface area contributed by atoms with Gasteiger partial charge in [-0.1, -0.05) is 103 Å². The monoisotopic (exact) mass is 654 g/mol. The number of nitrogens with zero attached hydrogens (tertiary/aromatic N) is 4. The Morgan fingerprint density at radius 1 is 0.333 bits per heavy atom. The first kappa shape index (κ1) is 27.9. The van der Waals surface area contributed by atoms with Crippen molar-refractivity contribution in [2.75, 3.05) is 0 Å². The third kappa shape index (κ3) is 4.33. The van der Waals surface area contributed by atoms with Crippen LogP contribution in [0.25, 0.3) is 106 Å². The van der Waals surface area contributed by atoms with Gasteiger partial charge in [0.25, 0.3) is 0 Å². The summed E-state index contributed by atoms with van der Waals surface area (Å²) in [5.74, 6) is 1.83. The second kappa shape index (κ2) is 10.7. The van der Waals surface area contributed by atoms with Crippen LogP contribution in [0.2, 0.25) is 0 Å². The average molecular weight is 655 g/mol. The maximum atomic E-state index is 6.49. The SMILES string of the molecule is c1ccc(-c2nc(-c3ccccc3)nc(-c3ccc4c(c3)oc3cc5oc6ccc(-n7c8ccccc8c8ccccc87)cc6c5cc34)n2)cc1. The number of hydrogen-bond acceptors (Lipinski definition) is 5. The highest BCUT2D eigenvalue weighted by atomic mass is 16.3. The van der Waals surface area contributed by atoms with Gasteiger partial charge in [-0.3, -0.25) is 0 Å². The Bertz CT molecular complexity index is 3030. The highest BCUT2D eigenvalue weighted by Crippen LogP contribution is 2.40. The first-order valence-corrected chi connectivity index (χ1v) is 16.9. The lowest BCUT2D eigenvalue weighted by Gasteiger charge is -2.08. The van der Waals surface area contributed by atoms with Gasteiger partial charge in [0.1, 0.15) is 22.3 Å². The van der Waals surface area contributed by atoms with Gasteiger partial charge in [-0.15, -0.1) is 0 Å². The molecule has 51 heavy (non-hydrogen) atoms. The van der Waals surface area contributed by atoms with Gasteiger partial charge in [-0.25, -0.2) is 15.0 Å². The predicted molar refractivity (Wildman–Crippen MR) is 205 cm³/mol. The lowest BCUT2D eigenvalue weighted by atomic mass is 10.1. The lowest BCUT2D eigenvalue weighted by molar-refractivity contribution is 0.656. The number of furan rings is 2. The molecular formula is C45H26N4O2. The molecule has 0 bridgehead atoms. The van der Waals surface area contributed by atoms with E-state index in [4.69, 9.17) is 23.8 Å². The Morgan fingerprint density at radius 2 is 0.843 bits per heavy atom. The Morgan fingerprint density at radius 3 is 1.49 bits per heavy atom. The zero-order valence-corrected chi connectivity index (χ0v) is 27.1. The van der Waals surface area contributed by atoms with Crippen molar-refractivity contribution in [1.29, 1.82) is 0 Å². The van der Waals surface area contributed by atoms with Crippen LogP contribution in [-0.4, -0.2) is 19.5 Å². The normalized spacial score (nSPS) is 11.9. The number of fused-ring (bicyclic) bond motifs is 9. The maximum absolute atomic E-state index is 6.49. The molecule has 11 aromatic rings. The van der Waals surface area contributed by atoms with Crippen LogP contribution in [0.5, 0.6) is 0 Å². The standard InChI is InChI=1S/C45H26N4O2/c1-3-11-27(12-4-1)43-46-44(28-13-5-2-6-14-28)48-45(47-43)29-19-21-33-35-25-36-34-24-30(20-22-39(34)50-42(36)26-41(35)51-40(33)23-29)49-37-17-9-7-15-31(37)32-16-8-10-18-38(32)49/h1-26H. The van der Waals surface area contributed by atoms with Gasteiger partial charge in [-0.05, 0) is 48.5 Å². The fourth-order valence-corrected chi connectivity index (χ4v) is 7.45. The van der Waals surface area contributed by atoms with E-state index in [1.807, 2.05) is 72.8 Å². The summed E-state index contributed by atoms with van der Waals surface area (Å²) in [7, 11) is 0. The van der Waals surface area contributed by atoms with E-state index in [1.54, 1.807) is 0 Å². The summed E-state index contributed by atoms with van der Waals surface area (Å²) in [6.45, 7) is 0. The highest BCUT2D eigenvalue weighted by molar-refractivity contribution is 6.16. The van der Waals surface area contributed by atoms with Crippen molar-refractivity contribution in [3.8, 4) is 39.9 Å². The topological polar surface area (TPSA) is 69.9 Å². The van der Waals surface area contributed by atoms with E-state index in [1.165, 1.54) is 21.8 Å². The van der Waals surface area contributed by atoms with Crippen molar-refractivity contribution in [2.24, 2.45) is 0 Å². The number of benzene rings is 7. The highest BCUT2D eigenvalue weighted by Gasteiger charge is 2.18. The molecule has 4 aromatic heterocycles. The van der Waals surface area contributed by atoms with Crippen molar-refractivity contribution >= 4 is 65.7 Å². The fraction of sp³-hybridized carbons (Fsp3) is 0. The molecule has 0 saturated carbocycles. The van der Waals surface area contributed by atoms with Gasteiger partial charge >= 0.3 is 0 Å². The molecule has 11 rings (SSSR count). The molecule has 4 heterocycles. The van der Waals surface area contributed by atoms with Crippen molar-refractivity contribution in [3.63, 3.8) is 0 Å². The molecule has 0 fully saturated rings. The van der Waals surface area contributed by atoms with E-state index in [0.29, 0.717) is 17.5 Å². The fourth-order valence-electron chi connectivity index (χ4n) is 7.45. The van der Waals surface area contributed by atoms with E-state index in [9.17, 15) is 0 Å². The van der Waals surface area contributed by atoms with Gasteiger partial charge in [0, 0.05) is 60.8 Å². The van der Waals surface area contributed by atoms with Crippen LogP contribution in [0.15, 0.2) is 167 Å². The molecule has 0 spiro atoms. The first-order valence-electron chi connectivity index (χ1n) is 16.9. The van der Waals surface area contributed by atoms with Crippen LogP contribution >= 0.6 is 0 Å². The molecule has 7 aromatic carbocycles. The minimum atomic E-state index is 0.586. The summed E-state index contributed by atoms with van der Waals surface area (Å²) in [4.78, 5) is 14.7. The van der Waals surface area contributed by atoms with Crippen LogP contribution in [0.1, 0.15) is 0 Å². The van der Waals surface area contributed by atoms with Gasteiger partial charge in [0.15, 0.2) is 17.5 Å². The maximum Gasteiger partial charge on any atom is 0.164 e. The average Bonchev–Trinajstić information content (AvgIpc) is 3.85. The molecule has 238 valence electrons. The number of hydrogen-bond donors (Lipinski definition) is 0. The molecule has 0 amide bonds. The summed E-state index contributed by atoms with van der Waals surface area (Å²) in [6.07, 6.45) is 0. The molecule has 0 atom stereocenters. The van der Waals surface area contributed by atoms with E-state index < -0.39 is 0 Å². The van der Waals surface area contributed by atoms with Crippen molar-refractivity contribution in [3.05, 3.63) is 158 Å². The first-order chi connectivity index (χ1) is 25.2. The smallest absolute Gasteiger partial charge is 0.164 e. The van der Waals surface area contributed by atoms with Crippen molar-refractivity contribution in [2.45, 2.75) is 0 Å². The minimum Gasteiger partial charge on any atom is -0.456 e. The lowest BCUT2D eigenvalue weighted by Crippen LogP contribution is -2.00. The van der Waals surface area contributed by atoms with Crippen molar-refractivity contribution in [1.82, 2.24) is 19.5 Å². The number of rotatable bonds is 4. The van der Waals surface area contributed by atoms with Gasteiger partial charge in [-0.2, -0.15) is 0 Å². The Balaban J connectivity index is 1.06. The zero-order valence-electron chi connectivity index (χ0n) is 27.1. The van der Waals surface area contributed by atoms with Gasteiger partial charge in [0.05, 0.1) is 11.0 Å². The third-order valence-corrected chi connectivity index (χ3v) is 9.84. The van der Waals surface area contributed by atoms with Crippen molar-refractivity contribution < 1.29 is 8.83 Å². The van der Waals surface area contributed by atoms with Crippen LogP contribution in [0, 0.1) is 0 Å². The van der Waals surface area contributed by atoms with E-state index in [-0.39, 0.29) is 0 Å². The third-order valence-electron chi connectivity index (χ3n) is 9.84. The van der Waals surface area contributed by atoms with Gasteiger partial charge < -0.3 is 13.4 Å². The molecule has 6 nitrogen and oxygen atoms in total. The van der Waals surface area contributed by atoms with E-state index in [0.717, 1.165) is 66.3 Å². The minimum absolute atomic E-state index is 0.586. The molecule has 0 unspecified atom stereocenters. The number of aromatic nitrogens is 4. The molecule has 6 heteroatoms. The van der Waals surface area contributed by atoms with Crippen LogP contribution in [0.4, 0.5) is 0 Å². The zero-order chi connectivity index (χ0) is 33.5. The summed E-state index contributed by atoms with van der Waals surface area (Å²) in [5.41, 5.74) is 9.30. The molecule has 0 aliphatic carbocycles. The molecule has 0 aliphatic heterocycles. The molecule has 0 saturated heterocycles. The van der Waals surface area contributed by atoms with Crippen LogP contribution in [-0.2, 0) is 0 Å². The Labute approximate surface area is 290 Å². The quantitative estimate of drug-likeness (QED) is 0.189. The number of para-hydroxylation sites is 2. The van der Waals surface area contributed by atoms with E-state index in [2.05, 4.69) is 89.5 Å². The summed E-state index contributed by atoms with van der Waals surface area (Å²) in [6, 6.07) is 54.0. The van der Waals surface area contributed by atoms with E-state index >= 15 is 0 Å². The second-order valence-electron chi connectivity index (χ2n) is 12.8. The van der Waals surface area contributed by atoms with Gasteiger partial charge in [0.2, 0.25) is 0 Å². The predicted octanol–water partition coefficient (Wildman–Crippen LogP) is 11.8. The molecule has 0 N–H and O–H groups in total. The summed E-state index contributed by atoms with van der Waals surface area (Å²) in [5, 5.41) is 6.62. The Hall–Kier alpha value is -7.05.